The first kappa shape index (κ1) is 16.9. The number of benzene rings is 1. The fourth-order valence-electron chi connectivity index (χ4n) is 3.43. The molecule has 3 aromatic rings. The first-order chi connectivity index (χ1) is 12.4. The summed E-state index contributed by atoms with van der Waals surface area (Å²) in [4.78, 5) is 11.2. The summed E-state index contributed by atoms with van der Waals surface area (Å²) >= 11 is 0. The molecular weight excluding hydrogens is 352 g/mol. The van der Waals surface area contributed by atoms with Gasteiger partial charge in [-0.1, -0.05) is 12.1 Å². The van der Waals surface area contributed by atoms with Gasteiger partial charge in [-0.25, -0.2) is 18.5 Å². The van der Waals surface area contributed by atoms with Gasteiger partial charge in [-0.05, 0) is 37.5 Å². The van der Waals surface area contributed by atoms with E-state index in [1.807, 2.05) is 6.92 Å². The first-order valence-corrected chi connectivity index (χ1v) is 10.0. The van der Waals surface area contributed by atoms with Crippen molar-refractivity contribution in [1.29, 1.82) is 0 Å². The number of sulfonamides is 1. The van der Waals surface area contributed by atoms with Crippen LogP contribution in [0.1, 0.15) is 29.7 Å². The molecule has 0 bridgehead atoms. The van der Waals surface area contributed by atoms with Crippen LogP contribution in [0.25, 0.3) is 5.78 Å². The minimum atomic E-state index is -3.69. The van der Waals surface area contributed by atoms with E-state index in [-0.39, 0.29) is 4.90 Å². The molecule has 0 radical (unpaired) electrons. The van der Waals surface area contributed by atoms with E-state index >= 15 is 0 Å². The van der Waals surface area contributed by atoms with Crippen LogP contribution in [0.2, 0.25) is 0 Å². The molecule has 1 fully saturated rings. The van der Waals surface area contributed by atoms with E-state index in [1.54, 1.807) is 16.6 Å². The van der Waals surface area contributed by atoms with Crippen LogP contribution in [-0.4, -0.2) is 41.1 Å². The van der Waals surface area contributed by atoms with Gasteiger partial charge in [0.05, 0.1) is 4.90 Å². The maximum atomic E-state index is 11.4. The van der Waals surface area contributed by atoms with E-state index < -0.39 is 10.0 Å². The number of hydrogen-bond donors (Lipinski definition) is 1. The van der Waals surface area contributed by atoms with Crippen LogP contribution in [0.5, 0.6) is 0 Å². The van der Waals surface area contributed by atoms with Gasteiger partial charge in [0.1, 0.15) is 12.1 Å². The molecule has 1 aliphatic rings. The average molecular weight is 372 g/mol. The first-order valence-electron chi connectivity index (χ1n) is 8.49. The topological polar surface area (TPSA) is 106 Å². The number of primary sulfonamides is 1. The fraction of sp³-hybridized carbons (Fsp3) is 0.353. The van der Waals surface area contributed by atoms with Gasteiger partial charge in [-0.3, -0.25) is 0 Å². The van der Waals surface area contributed by atoms with Gasteiger partial charge < -0.3 is 4.90 Å². The van der Waals surface area contributed by atoms with Gasteiger partial charge >= 0.3 is 0 Å². The molecule has 4 rings (SSSR count). The van der Waals surface area contributed by atoms with Gasteiger partial charge in [0.2, 0.25) is 10.0 Å². The summed E-state index contributed by atoms with van der Waals surface area (Å²) in [5.41, 5.74) is 2.97. The summed E-state index contributed by atoms with van der Waals surface area (Å²) in [6.45, 7) is 3.94. The van der Waals surface area contributed by atoms with E-state index in [0.29, 0.717) is 12.2 Å². The normalized spacial score (nSPS) is 15.1. The van der Waals surface area contributed by atoms with Crippen molar-refractivity contribution in [2.24, 2.45) is 5.14 Å². The molecule has 136 valence electrons. The van der Waals surface area contributed by atoms with Gasteiger partial charge in [0.25, 0.3) is 5.78 Å². The molecule has 26 heavy (non-hydrogen) atoms. The number of hydrogen-bond acceptors (Lipinski definition) is 6. The van der Waals surface area contributed by atoms with Crippen molar-refractivity contribution in [2.45, 2.75) is 31.1 Å². The summed E-state index contributed by atoms with van der Waals surface area (Å²) in [5, 5.41) is 9.54. The number of nitrogens with zero attached hydrogens (tertiary/aromatic N) is 5. The largest absolute Gasteiger partial charge is 0.356 e. The lowest BCUT2D eigenvalue weighted by Crippen LogP contribution is -2.24. The van der Waals surface area contributed by atoms with Crippen molar-refractivity contribution < 1.29 is 8.42 Å². The number of aromatic nitrogens is 4. The predicted molar refractivity (Wildman–Crippen MR) is 97.6 cm³/mol. The fourth-order valence-corrected chi connectivity index (χ4v) is 3.95. The Kier molecular flexibility index (Phi) is 4.12. The van der Waals surface area contributed by atoms with E-state index in [0.717, 1.165) is 48.6 Å². The Morgan fingerprint density at radius 3 is 2.50 bits per heavy atom. The molecule has 2 aromatic heterocycles. The van der Waals surface area contributed by atoms with Crippen molar-refractivity contribution >= 4 is 21.6 Å². The second kappa shape index (κ2) is 6.33. The molecule has 0 atom stereocenters. The van der Waals surface area contributed by atoms with Crippen molar-refractivity contribution in [2.75, 3.05) is 18.0 Å². The Labute approximate surface area is 151 Å². The van der Waals surface area contributed by atoms with Gasteiger partial charge in [-0.15, -0.1) is 0 Å². The van der Waals surface area contributed by atoms with Crippen LogP contribution >= 0.6 is 0 Å². The van der Waals surface area contributed by atoms with Crippen molar-refractivity contribution in [3.05, 3.63) is 47.4 Å². The molecule has 0 saturated carbocycles. The molecular formula is C17H20N6O2S. The smallest absolute Gasteiger partial charge is 0.254 e. The highest BCUT2D eigenvalue weighted by Gasteiger charge is 2.22. The lowest BCUT2D eigenvalue weighted by atomic mass is 10.0. The summed E-state index contributed by atoms with van der Waals surface area (Å²) < 4.78 is 24.7. The molecule has 3 heterocycles. The van der Waals surface area contributed by atoms with Crippen LogP contribution in [0.4, 0.5) is 5.82 Å². The highest BCUT2D eigenvalue weighted by Crippen LogP contribution is 2.28. The molecule has 8 nitrogen and oxygen atoms in total. The van der Waals surface area contributed by atoms with Crippen molar-refractivity contribution in [1.82, 2.24) is 19.6 Å². The highest BCUT2D eigenvalue weighted by molar-refractivity contribution is 7.89. The van der Waals surface area contributed by atoms with E-state index in [9.17, 15) is 8.42 Å². The summed E-state index contributed by atoms with van der Waals surface area (Å²) in [5.74, 6) is 1.62. The van der Waals surface area contributed by atoms with E-state index in [1.165, 1.54) is 18.5 Å². The molecule has 1 aliphatic heterocycles. The second-order valence-electron chi connectivity index (χ2n) is 6.53. The van der Waals surface area contributed by atoms with Crippen LogP contribution in [-0.2, 0) is 16.4 Å². The molecule has 0 amide bonds. The molecule has 0 spiro atoms. The minimum absolute atomic E-state index is 0.114. The summed E-state index contributed by atoms with van der Waals surface area (Å²) in [6, 6.07) is 6.66. The molecule has 0 unspecified atom stereocenters. The molecule has 9 heteroatoms. The number of anilines is 1. The van der Waals surface area contributed by atoms with Crippen LogP contribution in [0.3, 0.4) is 0 Å². The second-order valence-corrected chi connectivity index (χ2v) is 8.09. The average Bonchev–Trinajstić information content (AvgIpc) is 3.26. The Morgan fingerprint density at radius 2 is 1.85 bits per heavy atom. The predicted octanol–water partition coefficient (Wildman–Crippen LogP) is 1.27. The Morgan fingerprint density at radius 1 is 1.15 bits per heavy atom. The highest BCUT2D eigenvalue weighted by atomic mass is 32.2. The van der Waals surface area contributed by atoms with Gasteiger partial charge in [0.15, 0.2) is 0 Å². The standard InChI is InChI=1S/C17H20N6O2S/c1-12-15(10-13-4-6-14(7-5-13)26(18,24)25)16(22-8-2-3-9-22)23-17(21-12)19-11-20-23/h4-7,11H,2-3,8-10H2,1H3,(H2,18,24,25). The van der Waals surface area contributed by atoms with Gasteiger partial charge in [0, 0.05) is 30.8 Å². The zero-order valence-electron chi connectivity index (χ0n) is 14.5. The SMILES string of the molecule is Cc1nc2ncnn2c(N2CCCC2)c1Cc1ccc(S(N)(=O)=O)cc1. The van der Waals surface area contributed by atoms with Crippen LogP contribution in [0.15, 0.2) is 35.5 Å². The molecule has 0 aliphatic carbocycles. The third-order valence-corrected chi connectivity index (χ3v) is 5.67. The van der Waals surface area contributed by atoms with E-state index in [4.69, 9.17) is 5.14 Å². The van der Waals surface area contributed by atoms with Crippen molar-refractivity contribution in [3.63, 3.8) is 0 Å². The maximum Gasteiger partial charge on any atom is 0.254 e. The zero-order chi connectivity index (χ0) is 18.3. The number of aryl methyl sites for hydroxylation is 1. The molecule has 1 saturated heterocycles. The molecule has 2 N–H and O–H groups in total. The lowest BCUT2D eigenvalue weighted by Gasteiger charge is -2.23. The Hall–Kier alpha value is -2.52. The summed E-state index contributed by atoms with van der Waals surface area (Å²) in [6.07, 6.45) is 4.46. The van der Waals surface area contributed by atoms with Crippen molar-refractivity contribution in [3.8, 4) is 0 Å². The summed E-state index contributed by atoms with van der Waals surface area (Å²) in [7, 11) is -3.69. The quantitative estimate of drug-likeness (QED) is 0.739. The monoisotopic (exact) mass is 372 g/mol. The molecule has 1 aromatic carbocycles. The number of fused-ring (bicyclic) bond motifs is 1. The third-order valence-electron chi connectivity index (χ3n) is 4.74. The Balaban J connectivity index is 1.78. The van der Waals surface area contributed by atoms with Crippen LogP contribution < -0.4 is 10.0 Å². The maximum absolute atomic E-state index is 11.4. The minimum Gasteiger partial charge on any atom is -0.356 e. The third kappa shape index (κ3) is 3.04. The van der Waals surface area contributed by atoms with Crippen LogP contribution in [0, 0.1) is 6.92 Å². The Bertz CT molecular complexity index is 1050. The number of nitrogens with two attached hydrogens (primary N) is 1. The lowest BCUT2D eigenvalue weighted by molar-refractivity contribution is 0.598. The van der Waals surface area contributed by atoms with E-state index in [2.05, 4.69) is 20.0 Å². The number of rotatable bonds is 4. The zero-order valence-corrected chi connectivity index (χ0v) is 15.3. The van der Waals surface area contributed by atoms with Gasteiger partial charge in [-0.2, -0.15) is 14.6 Å².